The summed E-state index contributed by atoms with van der Waals surface area (Å²) in [4.78, 5) is 25.9. The Balaban J connectivity index is 1.53. The van der Waals surface area contributed by atoms with Crippen molar-refractivity contribution >= 4 is 28.3 Å². The molecule has 2 saturated heterocycles. The number of rotatable bonds is 5. The lowest BCUT2D eigenvalue weighted by Gasteiger charge is -2.36. The van der Waals surface area contributed by atoms with Crippen LogP contribution in [0.25, 0.3) is 10.8 Å². The maximum atomic E-state index is 12.2. The van der Waals surface area contributed by atoms with E-state index < -0.39 is 6.04 Å². The molecule has 4 rings (SSSR count). The highest BCUT2D eigenvalue weighted by Gasteiger charge is 2.30. The third kappa shape index (κ3) is 3.70. The maximum Gasteiger partial charge on any atom is 0.249 e. The van der Waals surface area contributed by atoms with E-state index in [-0.39, 0.29) is 30.4 Å². The minimum atomic E-state index is -0.570. The van der Waals surface area contributed by atoms with Crippen molar-refractivity contribution in [2.45, 2.75) is 38.0 Å². The molecule has 0 radical (unpaired) electrons. The Hall–Kier alpha value is -2.58. The Bertz CT molecular complexity index is 912. The van der Waals surface area contributed by atoms with Crippen molar-refractivity contribution in [2.75, 3.05) is 32.2 Å². The number of aromatic hydroxyl groups is 1. The minimum Gasteiger partial charge on any atom is -0.494 e. The molecule has 2 amide bonds. The maximum absolute atomic E-state index is 12.2. The van der Waals surface area contributed by atoms with Crippen molar-refractivity contribution in [3.63, 3.8) is 0 Å². The van der Waals surface area contributed by atoms with E-state index in [0.29, 0.717) is 17.7 Å². The highest BCUT2D eigenvalue weighted by molar-refractivity contribution is 6.00. The zero-order chi connectivity index (χ0) is 20.5. The number of ether oxygens (including phenoxy) is 2. The van der Waals surface area contributed by atoms with E-state index in [9.17, 15) is 14.7 Å². The van der Waals surface area contributed by atoms with Crippen LogP contribution in [-0.2, 0) is 19.1 Å². The first-order valence-electron chi connectivity index (χ1n) is 9.99. The second-order valence-corrected chi connectivity index (χ2v) is 7.76. The number of carbonyl (C=O) groups excluding carboxylic acids is 2. The smallest absolute Gasteiger partial charge is 0.249 e. The summed E-state index contributed by atoms with van der Waals surface area (Å²) in [5.41, 5.74) is 1.09. The fourth-order valence-electron chi connectivity index (χ4n) is 4.50. The van der Waals surface area contributed by atoms with Crippen LogP contribution in [0.4, 0.5) is 5.69 Å². The van der Waals surface area contributed by atoms with E-state index in [4.69, 9.17) is 9.47 Å². The molecule has 1 aromatic carbocycles. The predicted molar refractivity (Wildman–Crippen MR) is 108 cm³/mol. The van der Waals surface area contributed by atoms with Crippen molar-refractivity contribution in [1.29, 1.82) is 0 Å². The zero-order valence-electron chi connectivity index (χ0n) is 16.8. The number of piperidine rings is 2. The summed E-state index contributed by atoms with van der Waals surface area (Å²) in [5.74, 6) is -0.201. The molecular formula is C21H27N3O5. The summed E-state index contributed by atoms with van der Waals surface area (Å²) in [6.45, 7) is 1.80. The molecule has 3 heterocycles. The van der Waals surface area contributed by atoms with Gasteiger partial charge in [-0.05, 0) is 37.5 Å². The number of amides is 2. The van der Waals surface area contributed by atoms with Gasteiger partial charge >= 0.3 is 0 Å². The van der Waals surface area contributed by atoms with E-state index in [1.165, 1.54) is 0 Å². The quantitative estimate of drug-likeness (QED) is 0.589. The van der Waals surface area contributed by atoms with Gasteiger partial charge in [-0.3, -0.25) is 14.9 Å². The Morgan fingerprint density at radius 1 is 1.14 bits per heavy atom. The lowest BCUT2D eigenvalue weighted by atomic mass is 9.95. The minimum absolute atomic E-state index is 0.0581. The highest BCUT2D eigenvalue weighted by Crippen LogP contribution is 2.36. The number of fused-ring (bicyclic) bond motifs is 1. The van der Waals surface area contributed by atoms with Gasteiger partial charge in [0.25, 0.3) is 0 Å². The second-order valence-electron chi connectivity index (χ2n) is 7.76. The zero-order valence-corrected chi connectivity index (χ0v) is 16.8. The molecule has 1 atom stereocenters. The lowest BCUT2D eigenvalue weighted by molar-refractivity contribution is -0.141. The molecule has 0 saturated carbocycles. The number of imide groups is 1. The molecule has 29 heavy (non-hydrogen) atoms. The van der Waals surface area contributed by atoms with Gasteiger partial charge in [0.15, 0.2) is 12.2 Å². The monoisotopic (exact) mass is 401 g/mol. The van der Waals surface area contributed by atoms with Crippen LogP contribution < -0.4 is 10.2 Å². The number of anilines is 1. The number of aromatic nitrogens is 1. The van der Waals surface area contributed by atoms with E-state index in [1.807, 2.05) is 18.2 Å². The van der Waals surface area contributed by atoms with Gasteiger partial charge in [-0.25, -0.2) is 0 Å². The first kappa shape index (κ1) is 19.7. The van der Waals surface area contributed by atoms with Crippen molar-refractivity contribution in [3.8, 4) is 5.88 Å². The summed E-state index contributed by atoms with van der Waals surface area (Å²) >= 11 is 0. The lowest BCUT2D eigenvalue weighted by Crippen LogP contribution is -2.41. The van der Waals surface area contributed by atoms with Crippen LogP contribution in [0.3, 0.4) is 0 Å². The highest BCUT2D eigenvalue weighted by atomic mass is 16.7. The van der Waals surface area contributed by atoms with Crippen molar-refractivity contribution < 1.29 is 24.2 Å². The van der Waals surface area contributed by atoms with Gasteiger partial charge in [0.1, 0.15) is 6.04 Å². The van der Waals surface area contributed by atoms with Gasteiger partial charge in [-0.2, -0.15) is 0 Å². The third-order valence-corrected chi connectivity index (χ3v) is 6.10. The number of nitrogens with one attached hydrogen (secondary N) is 1. The first-order chi connectivity index (χ1) is 14.0. The van der Waals surface area contributed by atoms with Crippen LogP contribution in [0.2, 0.25) is 0 Å². The van der Waals surface area contributed by atoms with Crippen molar-refractivity contribution in [1.82, 2.24) is 9.88 Å². The molecule has 1 unspecified atom stereocenters. The van der Waals surface area contributed by atoms with Crippen molar-refractivity contribution in [2.24, 2.45) is 5.92 Å². The molecule has 0 bridgehead atoms. The van der Waals surface area contributed by atoms with Gasteiger partial charge < -0.3 is 24.0 Å². The molecule has 0 aliphatic carbocycles. The molecule has 2 aliphatic rings. The molecule has 8 nitrogen and oxygen atoms in total. The van der Waals surface area contributed by atoms with Gasteiger partial charge in [-0.1, -0.05) is 0 Å². The number of hydrogen-bond donors (Lipinski definition) is 2. The molecular weight excluding hydrogens is 374 g/mol. The largest absolute Gasteiger partial charge is 0.494 e. The van der Waals surface area contributed by atoms with E-state index in [0.717, 1.165) is 37.0 Å². The topological polar surface area (TPSA) is 93.0 Å². The van der Waals surface area contributed by atoms with E-state index >= 15 is 0 Å². The van der Waals surface area contributed by atoms with Gasteiger partial charge in [-0.15, -0.1) is 0 Å². The van der Waals surface area contributed by atoms with E-state index in [1.54, 1.807) is 25.0 Å². The van der Waals surface area contributed by atoms with E-state index in [2.05, 4.69) is 10.2 Å². The molecule has 8 heteroatoms. The summed E-state index contributed by atoms with van der Waals surface area (Å²) in [7, 11) is 3.35. The number of nitrogens with zero attached hydrogens (tertiary/aromatic N) is 2. The number of benzene rings is 1. The van der Waals surface area contributed by atoms with Crippen LogP contribution in [0, 0.1) is 5.92 Å². The fraction of sp³-hybridized carbons (Fsp3) is 0.524. The Morgan fingerprint density at radius 2 is 1.86 bits per heavy atom. The summed E-state index contributed by atoms with van der Waals surface area (Å²) in [5, 5.41) is 14.6. The number of methoxy groups -OCH3 is 2. The van der Waals surface area contributed by atoms with Crippen LogP contribution in [0.1, 0.15) is 31.7 Å². The molecule has 1 aromatic heterocycles. The average molecular weight is 401 g/mol. The summed E-state index contributed by atoms with van der Waals surface area (Å²) < 4.78 is 12.4. The van der Waals surface area contributed by atoms with Crippen LogP contribution in [-0.4, -0.2) is 55.1 Å². The Morgan fingerprint density at radius 3 is 2.52 bits per heavy atom. The number of hydrogen-bond acceptors (Lipinski definition) is 6. The third-order valence-electron chi connectivity index (χ3n) is 6.10. The Labute approximate surface area is 169 Å². The molecule has 2 N–H and O–H groups in total. The first-order valence-corrected chi connectivity index (χ1v) is 9.99. The standard InChI is InChI=1S/C21H27N3O5/c1-28-21(29-2)13-7-9-23(10-8-13)15-3-4-16-14(11-15)12-24(20(16)27)17-5-6-18(25)22-19(17)26/h3-4,11-13,17,21,27H,5-10H2,1-2H3,(H,22,25,26). The van der Waals surface area contributed by atoms with Crippen LogP contribution >= 0.6 is 0 Å². The average Bonchev–Trinajstić information content (AvgIpc) is 3.05. The SMILES string of the molecule is COC(OC)C1CCN(c2ccc3c(O)n(C4CCC(=O)NC4=O)cc3c2)CC1. The molecule has 2 fully saturated rings. The van der Waals surface area contributed by atoms with Gasteiger partial charge in [0.05, 0.1) is 0 Å². The second kappa shape index (κ2) is 8.04. The van der Waals surface area contributed by atoms with Crippen LogP contribution in [0.15, 0.2) is 24.4 Å². The van der Waals surface area contributed by atoms with Crippen LogP contribution in [0.5, 0.6) is 5.88 Å². The fourth-order valence-corrected chi connectivity index (χ4v) is 4.50. The van der Waals surface area contributed by atoms with Gasteiger partial charge in [0.2, 0.25) is 11.8 Å². The molecule has 2 aliphatic heterocycles. The predicted octanol–water partition coefficient (Wildman–Crippen LogP) is 2.16. The van der Waals surface area contributed by atoms with Crippen molar-refractivity contribution in [3.05, 3.63) is 24.4 Å². The summed E-state index contributed by atoms with van der Waals surface area (Å²) in [6, 6.07) is 5.37. The molecule has 0 spiro atoms. The summed E-state index contributed by atoms with van der Waals surface area (Å²) in [6.07, 6.45) is 4.25. The molecule has 2 aromatic rings. The number of carbonyl (C=O) groups is 2. The normalized spacial score (nSPS) is 21.2. The Kier molecular flexibility index (Phi) is 5.47. The molecule has 156 valence electrons. The van der Waals surface area contributed by atoms with Gasteiger partial charge in [0, 0.05) is 62.3 Å².